The number of benzene rings is 2. The molecule has 1 fully saturated rings. The Morgan fingerprint density at radius 2 is 1.64 bits per heavy atom. The van der Waals surface area contributed by atoms with Crippen molar-refractivity contribution >= 4 is 5.78 Å². The molecule has 0 radical (unpaired) electrons. The van der Waals surface area contributed by atoms with Gasteiger partial charge >= 0.3 is 0 Å². The monoisotopic (exact) mass is 382 g/mol. The molecule has 0 bridgehead atoms. The number of hydrogen-bond donors (Lipinski definition) is 1. The summed E-state index contributed by atoms with van der Waals surface area (Å²) in [5.41, 5.74) is 1.31. The fraction of sp³-hybridized carbons (Fsp3) is 0.480. The van der Waals surface area contributed by atoms with Crippen LogP contribution in [0.5, 0.6) is 11.5 Å². The van der Waals surface area contributed by atoms with Gasteiger partial charge in [0.25, 0.3) is 0 Å². The van der Waals surface area contributed by atoms with Crippen molar-refractivity contribution in [2.75, 3.05) is 7.11 Å². The van der Waals surface area contributed by atoms with Crippen molar-refractivity contribution in [2.45, 2.75) is 64.7 Å². The van der Waals surface area contributed by atoms with Crippen molar-refractivity contribution in [3.63, 3.8) is 0 Å². The zero-order valence-corrected chi connectivity index (χ0v) is 17.5. The van der Waals surface area contributed by atoms with Crippen LogP contribution in [-0.2, 0) is 4.79 Å². The summed E-state index contributed by atoms with van der Waals surface area (Å²) in [5.74, 6) is 2.12. The highest BCUT2D eigenvalue weighted by Gasteiger charge is 2.36. The Kier molecular flexibility index (Phi) is 8.56. The second kappa shape index (κ2) is 10.9. The Morgan fingerprint density at radius 3 is 2.11 bits per heavy atom. The van der Waals surface area contributed by atoms with Gasteiger partial charge in [0.05, 0.1) is 7.11 Å². The van der Waals surface area contributed by atoms with Crippen LogP contribution in [0.4, 0.5) is 0 Å². The molecule has 0 spiro atoms. The zero-order chi connectivity index (χ0) is 20.4. The standard InChI is InChI=1S/C19H28O2.C6H6O/c1-15(17-7-9-18(21-3)10-8-17)11-14-19(16(2)20)12-5-4-6-13-19;7-6-4-2-1-3-5-6/h7-10,15H,4-6,11-14H2,1-3H3;1-5,7H. The number of carbonyl (C=O) groups is 1. The third-order valence-corrected chi connectivity index (χ3v) is 6.05. The summed E-state index contributed by atoms with van der Waals surface area (Å²) in [6.07, 6.45) is 8.05. The second-order valence-electron chi connectivity index (χ2n) is 7.95. The fourth-order valence-electron chi connectivity index (χ4n) is 4.03. The van der Waals surface area contributed by atoms with E-state index in [9.17, 15) is 4.79 Å². The van der Waals surface area contributed by atoms with E-state index in [0.29, 0.717) is 17.5 Å². The molecule has 0 saturated heterocycles. The van der Waals surface area contributed by atoms with E-state index in [4.69, 9.17) is 9.84 Å². The molecule has 1 aliphatic rings. The number of methoxy groups -OCH3 is 1. The highest BCUT2D eigenvalue weighted by molar-refractivity contribution is 5.82. The summed E-state index contributed by atoms with van der Waals surface area (Å²) in [6.45, 7) is 4.06. The maximum atomic E-state index is 12.1. The zero-order valence-electron chi connectivity index (χ0n) is 17.5. The minimum Gasteiger partial charge on any atom is -0.508 e. The molecule has 1 N–H and O–H groups in total. The molecule has 3 heteroatoms. The highest BCUT2D eigenvalue weighted by atomic mass is 16.5. The van der Waals surface area contributed by atoms with Gasteiger partial charge in [0, 0.05) is 5.41 Å². The molecule has 1 atom stereocenters. The van der Waals surface area contributed by atoms with E-state index in [-0.39, 0.29) is 5.41 Å². The first-order valence-electron chi connectivity index (χ1n) is 10.4. The van der Waals surface area contributed by atoms with E-state index >= 15 is 0 Å². The number of carbonyl (C=O) groups excluding carboxylic acids is 1. The molecule has 1 unspecified atom stereocenters. The maximum Gasteiger partial charge on any atom is 0.135 e. The number of ketones is 1. The quantitative estimate of drug-likeness (QED) is 0.619. The van der Waals surface area contributed by atoms with Crippen LogP contribution < -0.4 is 4.74 Å². The molecule has 0 heterocycles. The minimum absolute atomic E-state index is 0.0288. The van der Waals surface area contributed by atoms with Gasteiger partial charge in [-0.1, -0.05) is 56.5 Å². The number of Topliss-reactive ketones (excluding diaryl/α,β-unsaturated/α-hetero) is 1. The van der Waals surface area contributed by atoms with Gasteiger partial charge in [-0.25, -0.2) is 0 Å². The molecular weight excluding hydrogens is 348 g/mol. The number of aromatic hydroxyl groups is 1. The van der Waals surface area contributed by atoms with Gasteiger partial charge in [0.1, 0.15) is 17.3 Å². The molecular formula is C25H34O3. The first-order valence-corrected chi connectivity index (χ1v) is 10.4. The molecule has 1 saturated carbocycles. The Labute approximate surface area is 169 Å². The summed E-state index contributed by atoms with van der Waals surface area (Å²) in [5, 5.41) is 8.63. The lowest BCUT2D eigenvalue weighted by molar-refractivity contribution is -0.129. The Hall–Kier alpha value is -2.29. The van der Waals surface area contributed by atoms with Crippen LogP contribution in [0.2, 0.25) is 0 Å². The number of para-hydroxylation sites is 1. The predicted octanol–water partition coefficient (Wildman–Crippen LogP) is 6.51. The van der Waals surface area contributed by atoms with Gasteiger partial charge in [-0.2, -0.15) is 0 Å². The van der Waals surface area contributed by atoms with Gasteiger partial charge < -0.3 is 9.84 Å². The number of rotatable bonds is 6. The molecule has 2 aromatic rings. The summed E-state index contributed by atoms with van der Waals surface area (Å²) >= 11 is 0. The van der Waals surface area contributed by atoms with Crippen molar-refractivity contribution in [1.82, 2.24) is 0 Å². The van der Waals surface area contributed by atoms with Crippen LogP contribution in [0.3, 0.4) is 0 Å². The molecule has 0 aromatic heterocycles. The van der Waals surface area contributed by atoms with Gasteiger partial charge in [-0.3, -0.25) is 4.79 Å². The number of phenols is 1. The lowest BCUT2D eigenvalue weighted by Gasteiger charge is -2.36. The van der Waals surface area contributed by atoms with Crippen LogP contribution in [0, 0.1) is 5.41 Å². The third-order valence-electron chi connectivity index (χ3n) is 6.05. The Balaban J connectivity index is 0.000000336. The van der Waals surface area contributed by atoms with Gasteiger partial charge in [-0.15, -0.1) is 0 Å². The first-order chi connectivity index (χ1) is 13.5. The third kappa shape index (κ3) is 6.40. The SMILES string of the molecule is COc1ccc(C(C)CCC2(C(C)=O)CCCCC2)cc1.Oc1ccccc1. The second-order valence-corrected chi connectivity index (χ2v) is 7.95. The lowest BCUT2D eigenvalue weighted by atomic mass is 9.68. The summed E-state index contributed by atoms with van der Waals surface area (Å²) in [6, 6.07) is 17.0. The average molecular weight is 383 g/mol. The largest absolute Gasteiger partial charge is 0.508 e. The van der Waals surface area contributed by atoms with E-state index in [2.05, 4.69) is 19.1 Å². The van der Waals surface area contributed by atoms with E-state index < -0.39 is 0 Å². The number of hydrogen-bond acceptors (Lipinski definition) is 3. The van der Waals surface area contributed by atoms with Crippen molar-refractivity contribution in [3.8, 4) is 11.5 Å². The lowest BCUT2D eigenvalue weighted by Crippen LogP contribution is -2.32. The van der Waals surface area contributed by atoms with Gasteiger partial charge in [-0.05, 0) is 68.4 Å². The first kappa shape index (κ1) is 22.0. The molecule has 3 nitrogen and oxygen atoms in total. The molecule has 2 aromatic carbocycles. The van der Waals surface area contributed by atoms with E-state index in [1.807, 2.05) is 18.2 Å². The minimum atomic E-state index is -0.0288. The predicted molar refractivity (Wildman–Crippen MR) is 115 cm³/mol. The summed E-state index contributed by atoms with van der Waals surface area (Å²) < 4.78 is 5.21. The Morgan fingerprint density at radius 1 is 1.04 bits per heavy atom. The van der Waals surface area contributed by atoms with Gasteiger partial charge in [0.15, 0.2) is 0 Å². The van der Waals surface area contributed by atoms with Crippen molar-refractivity contribution in [2.24, 2.45) is 5.41 Å². The number of phenolic OH excluding ortho intramolecular Hbond substituents is 1. The van der Waals surface area contributed by atoms with Crippen molar-refractivity contribution in [3.05, 3.63) is 60.2 Å². The van der Waals surface area contributed by atoms with Crippen LogP contribution in [0.1, 0.15) is 70.3 Å². The molecule has 0 amide bonds. The van der Waals surface area contributed by atoms with Crippen LogP contribution in [-0.4, -0.2) is 18.0 Å². The maximum absolute atomic E-state index is 12.1. The summed E-state index contributed by atoms with van der Waals surface area (Å²) in [7, 11) is 1.69. The van der Waals surface area contributed by atoms with E-state index in [1.54, 1.807) is 38.3 Å². The van der Waals surface area contributed by atoms with Crippen LogP contribution >= 0.6 is 0 Å². The fourth-order valence-corrected chi connectivity index (χ4v) is 4.03. The molecule has 28 heavy (non-hydrogen) atoms. The highest BCUT2D eigenvalue weighted by Crippen LogP contribution is 2.42. The summed E-state index contributed by atoms with van der Waals surface area (Å²) in [4.78, 5) is 12.1. The van der Waals surface area contributed by atoms with Crippen molar-refractivity contribution in [1.29, 1.82) is 0 Å². The molecule has 0 aliphatic heterocycles. The molecule has 1 aliphatic carbocycles. The van der Waals surface area contributed by atoms with Crippen molar-refractivity contribution < 1.29 is 14.6 Å². The van der Waals surface area contributed by atoms with E-state index in [1.165, 1.54) is 24.8 Å². The van der Waals surface area contributed by atoms with E-state index in [0.717, 1.165) is 31.4 Å². The molecule has 3 rings (SSSR count). The number of ether oxygens (including phenoxy) is 1. The topological polar surface area (TPSA) is 46.5 Å². The van der Waals surface area contributed by atoms with Crippen LogP contribution in [0.25, 0.3) is 0 Å². The van der Waals surface area contributed by atoms with Crippen LogP contribution in [0.15, 0.2) is 54.6 Å². The molecule has 152 valence electrons. The Bertz CT molecular complexity index is 700. The van der Waals surface area contributed by atoms with Gasteiger partial charge in [0.2, 0.25) is 0 Å². The average Bonchev–Trinajstić information content (AvgIpc) is 2.73. The smallest absolute Gasteiger partial charge is 0.135 e. The normalized spacial score (nSPS) is 16.4.